The highest BCUT2D eigenvalue weighted by Crippen LogP contribution is 2.24. The summed E-state index contributed by atoms with van der Waals surface area (Å²) < 4.78 is 0.851. The largest absolute Gasteiger partial charge is 0.370 e. The monoisotopic (exact) mass is 360 g/mol. The van der Waals surface area contributed by atoms with Crippen LogP contribution in [0.1, 0.15) is 17.3 Å². The minimum absolute atomic E-state index is 0.268. The third kappa shape index (κ3) is 3.89. The van der Waals surface area contributed by atoms with E-state index in [4.69, 9.17) is 11.6 Å². The summed E-state index contributed by atoms with van der Waals surface area (Å²) in [6, 6.07) is 3.16. The lowest BCUT2D eigenvalue weighted by Crippen LogP contribution is -2.12. The summed E-state index contributed by atoms with van der Waals surface area (Å²) in [5.74, 6) is 0.297. The zero-order valence-electron chi connectivity index (χ0n) is 9.91. The first-order chi connectivity index (χ1) is 9.08. The fourth-order valence-corrected chi connectivity index (χ4v) is 2.69. The van der Waals surface area contributed by atoms with Crippen LogP contribution >= 0.6 is 38.9 Å². The number of carbonyl (C=O) groups is 1. The Hall–Kier alpha value is -1.18. The van der Waals surface area contributed by atoms with Crippen molar-refractivity contribution in [1.29, 1.82) is 0 Å². The summed E-state index contributed by atoms with van der Waals surface area (Å²) in [5.41, 5.74) is 0.433. The molecule has 0 aliphatic heterocycles. The molecule has 0 aromatic carbocycles. The van der Waals surface area contributed by atoms with Crippen LogP contribution in [0.2, 0.25) is 5.15 Å². The molecule has 0 unspecified atom stereocenters. The Labute approximate surface area is 127 Å². The molecule has 0 aliphatic carbocycles. The first-order valence-electron chi connectivity index (χ1n) is 5.42. The fraction of sp³-hybridized carbons (Fsp3) is 0.182. The van der Waals surface area contributed by atoms with Gasteiger partial charge in [0.1, 0.15) is 11.0 Å². The van der Waals surface area contributed by atoms with Gasteiger partial charge in [-0.15, -0.1) is 0 Å². The van der Waals surface area contributed by atoms with Crippen molar-refractivity contribution in [3.05, 3.63) is 32.8 Å². The molecule has 0 bridgehead atoms. The number of hydrogen-bond donors (Lipinski definition) is 2. The van der Waals surface area contributed by atoms with Gasteiger partial charge in [0.2, 0.25) is 0 Å². The molecular weight excluding hydrogens is 352 g/mol. The molecule has 1 amide bonds. The third-order valence-corrected chi connectivity index (χ3v) is 3.70. The number of thiazole rings is 1. The van der Waals surface area contributed by atoms with Crippen LogP contribution in [0.3, 0.4) is 0 Å². The summed E-state index contributed by atoms with van der Waals surface area (Å²) in [7, 11) is 0. The lowest BCUT2D eigenvalue weighted by Gasteiger charge is -2.06. The topological polar surface area (TPSA) is 66.9 Å². The van der Waals surface area contributed by atoms with E-state index >= 15 is 0 Å². The van der Waals surface area contributed by atoms with Crippen LogP contribution < -0.4 is 10.6 Å². The Morgan fingerprint density at radius 3 is 2.95 bits per heavy atom. The predicted molar refractivity (Wildman–Crippen MR) is 81.2 cm³/mol. The molecule has 19 heavy (non-hydrogen) atoms. The van der Waals surface area contributed by atoms with E-state index in [-0.39, 0.29) is 11.1 Å². The Morgan fingerprint density at radius 1 is 1.53 bits per heavy atom. The zero-order chi connectivity index (χ0) is 13.8. The number of pyridine rings is 1. The maximum absolute atomic E-state index is 12.1. The van der Waals surface area contributed by atoms with E-state index in [9.17, 15) is 4.79 Å². The number of nitrogens with one attached hydrogen (secondary N) is 2. The van der Waals surface area contributed by atoms with Crippen LogP contribution in [0.15, 0.2) is 22.1 Å². The number of nitrogens with zero attached hydrogens (tertiary/aromatic N) is 2. The van der Waals surface area contributed by atoms with E-state index in [0.717, 1.165) is 3.79 Å². The SMILES string of the molecule is CCNc1cc(C(=O)Nc2ncc(Br)s2)cc(Cl)n1. The second kappa shape index (κ2) is 6.31. The van der Waals surface area contributed by atoms with Gasteiger partial charge in [0, 0.05) is 12.1 Å². The molecule has 2 heterocycles. The van der Waals surface area contributed by atoms with Gasteiger partial charge in [-0.2, -0.15) is 0 Å². The molecular formula is C11H10BrClN4OS. The summed E-state index contributed by atoms with van der Waals surface area (Å²) in [6.45, 7) is 2.64. The molecule has 0 spiro atoms. The molecule has 0 saturated heterocycles. The van der Waals surface area contributed by atoms with Crippen LogP contribution in [-0.4, -0.2) is 22.4 Å². The van der Waals surface area contributed by atoms with Gasteiger partial charge < -0.3 is 5.32 Å². The van der Waals surface area contributed by atoms with Crippen molar-refractivity contribution < 1.29 is 4.79 Å². The van der Waals surface area contributed by atoms with Gasteiger partial charge in [-0.1, -0.05) is 22.9 Å². The second-order valence-corrected chi connectivity index (χ2v) is 6.31. The fourth-order valence-electron chi connectivity index (χ4n) is 1.38. The quantitative estimate of drug-likeness (QED) is 0.816. The van der Waals surface area contributed by atoms with E-state index in [0.29, 0.717) is 23.1 Å². The van der Waals surface area contributed by atoms with Crippen LogP contribution in [0.5, 0.6) is 0 Å². The highest BCUT2D eigenvalue weighted by Gasteiger charge is 2.11. The van der Waals surface area contributed by atoms with Crippen molar-refractivity contribution in [2.45, 2.75) is 6.92 Å². The Morgan fingerprint density at radius 2 is 2.32 bits per heavy atom. The van der Waals surface area contributed by atoms with Crippen molar-refractivity contribution >= 4 is 55.7 Å². The summed E-state index contributed by atoms with van der Waals surface area (Å²) in [5, 5.41) is 6.51. The Balaban J connectivity index is 2.18. The average molecular weight is 362 g/mol. The summed E-state index contributed by atoms with van der Waals surface area (Å²) in [4.78, 5) is 20.2. The molecule has 0 atom stereocenters. The molecule has 2 aromatic rings. The molecule has 8 heteroatoms. The molecule has 0 fully saturated rings. The lowest BCUT2D eigenvalue weighted by atomic mass is 10.2. The van der Waals surface area contributed by atoms with E-state index in [1.54, 1.807) is 12.3 Å². The Bertz CT molecular complexity index is 604. The standard InChI is InChI=1S/C11H10BrClN4OS/c1-2-14-9-4-6(3-8(13)16-9)10(18)17-11-15-5-7(12)19-11/h3-5H,2H2,1H3,(H,14,16)(H,15,17,18). The predicted octanol–water partition coefficient (Wildman–Crippen LogP) is 3.64. The maximum atomic E-state index is 12.1. The van der Waals surface area contributed by atoms with Crippen molar-refractivity contribution in [3.8, 4) is 0 Å². The maximum Gasteiger partial charge on any atom is 0.257 e. The van der Waals surface area contributed by atoms with Crippen molar-refractivity contribution in [2.24, 2.45) is 0 Å². The van der Waals surface area contributed by atoms with Crippen molar-refractivity contribution in [2.75, 3.05) is 17.2 Å². The van der Waals surface area contributed by atoms with E-state index in [2.05, 4.69) is 36.5 Å². The first kappa shape index (κ1) is 14.2. The molecule has 100 valence electrons. The smallest absolute Gasteiger partial charge is 0.257 e. The Kier molecular flexibility index (Phi) is 4.73. The summed E-state index contributed by atoms with van der Waals surface area (Å²) in [6.07, 6.45) is 1.63. The first-order valence-corrected chi connectivity index (χ1v) is 7.41. The van der Waals surface area contributed by atoms with Gasteiger partial charge in [-0.05, 0) is 35.0 Å². The number of anilines is 2. The highest BCUT2D eigenvalue weighted by atomic mass is 79.9. The number of amides is 1. The molecule has 2 rings (SSSR count). The van der Waals surface area contributed by atoms with Crippen LogP contribution in [0, 0.1) is 0 Å². The zero-order valence-corrected chi connectivity index (χ0v) is 13.1. The number of carbonyl (C=O) groups excluding carboxylic acids is 1. The lowest BCUT2D eigenvalue weighted by molar-refractivity contribution is 0.102. The van der Waals surface area contributed by atoms with E-state index < -0.39 is 0 Å². The second-order valence-electron chi connectivity index (χ2n) is 3.52. The van der Waals surface area contributed by atoms with Gasteiger partial charge >= 0.3 is 0 Å². The van der Waals surface area contributed by atoms with Gasteiger partial charge in [0.25, 0.3) is 5.91 Å². The van der Waals surface area contributed by atoms with Gasteiger partial charge in [-0.3, -0.25) is 10.1 Å². The van der Waals surface area contributed by atoms with Crippen LogP contribution in [-0.2, 0) is 0 Å². The molecule has 0 saturated carbocycles. The number of halogens is 2. The molecule has 0 radical (unpaired) electrons. The normalized spacial score (nSPS) is 10.3. The van der Waals surface area contributed by atoms with E-state index in [1.807, 2.05) is 6.92 Å². The van der Waals surface area contributed by atoms with Crippen LogP contribution in [0.4, 0.5) is 10.9 Å². The number of rotatable bonds is 4. The number of hydrogen-bond acceptors (Lipinski definition) is 5. The minimum Gasteiger partial charge on any atom is -0.370 e. The summed E-state index contributed by atoms with van der Waals surface area (Å²) >= 11 is 10.5. The molecule has 2 N–H and O–H groups in total. The molecule has 0 aliphatic rings. The highest BCUT2D eigenvalue weighted by molar-refractivity contribution is 9.11. The molecule has 5 nitrogen and oxygen atoms in total. The van der Waals surface area contributed by atoms with Crippen molar-refractivity contribution in [1.82, 2.24) is 9.97 Å². The van der Waals surface area contributed by atoms with Crippen LogP contribution in [0.25, 0.3) is 0 Å². The van der Waals surface area contributed by atoms with Gasteiger partial charge in [-0.25, -0.2) is 9.97 Å². The van der Waals surface area contributed by atoms with Crippen molar-refractivity contribution in [3.63, 3.8) is 0 Å². The molecule has 2 aromatic heterocycles. The third-order valence-electron chi connectivity index (χ3n) is 2.11. The van der Waals surface area contributed by atoms with E-state index in [1.165, 1.54) is 17.4 Å². The average Bonchev–Trinajstić information content (AvgIpc) is 2.74. The number of aromatic nitrogens is 2. The minimum atomic E-state index is -0.273. The van der Waals surface area contributed by atoms with Gasteiger partial charge in [0.05, 0.1) is 9.98 Å². The van der Waals surface area contributed by atoms with Gasteiger partial charge in [0.15, 0.2) is 5.13 Å².